The van der Waals surface area contributed by atoms with Crippen LogP contribution < -0.4 is 0 Å². The van der Waals surface area contributed by atoms with Crippen molar-refractivity contribution in [2.24, 2.45) is 0 Å². The van der Waals surface area contributed by atoms with Crippen molar-refractivity contribution in [3.8, 4) is 0 Å². The molecule has 0 saturated carbocycles. The Kier molecular flexibility index (Phi) is 34.0. The zero-order valence-corrected chi connectivity index (χ0v) is 9.41. The molecule has 6 heteroatoms. The number of carboxylic acid groups (broad SMARTS) is 1. The quantitative estimate of drug-likeness (QED) is 0.696. The van der Waals surface area contributed by atoms with Crippen molar-refractivity contribution in [2.75, 3.05) is 0 Å². The first-order chi connectivity index (χ1) is 4.06. The van der Waals surface area contributed by atoms with E-state index in [9.17, 15) is 4.79 Å². The van der Waals surface area contributed by atoms with Gasteiger partial charge in [0.25, 0.3) is 5.97 Å². The van der Waals surface area contributed by atoms with Gasteiger partial charge in [-0.25, -0.2) is 0 Å². The summed E-state index contributed by atoms with van der Waals surface area (Å²) in [6.45, 7) is 2.75. The molecule has 0 aliphatic heterocycles. The maximum absolute atomic E-state index is 9.51. The largest absolute Gasteiger partial charge is 0.693 e. The average Bonchev–Trinajstić information content (AvgIpc) is 1.68. The van der Waals surface area contributed by atoms with Gasteiger partial charge < -0.3 is 21.8 Å². The molecule has 0 spiro atoms. The molecule has 1 atom stereocenters. The second-order valence-electron chi connectivity index (χ2n) is 1.30. The van der Waals surface area contributed by atoms with Crippen molar-refractivity contribution in [3.05, 3.63) is 11.9 Å². The van der Waals surface area contributed by atoms with E-state index >= 15 is 0 Å². The number of rotatable bonds is 1. The fourth-order valence-electron chi connectivity index (χ4n) is 0. The molecule has 0 rings (SSSR count). The van der Waals surface area contributed by atoms with Crippen molar-refractivity contribution in [1.82, 2.24) is 0 Å². The van der Waals surface area contributed by atoms with Gasteiger partial charge in [-0.15, -0.1) is 0 Å². The minimum Gasteiger partial charge on any atom is -0.693 e. The molecule has 0 amide bonds. The molecule has 0 bridgehead atoms. The summed E-state index contributed by atoms with van der Waals surface area (Å²) >= 11 is 0. The normalized spacial score (nSPS) is 8.64. The van der Waals surface area contributed by atoms with Gasteiger partial charge in [-0.05, 0) is 13.0 Å². The number of hydrogen-bond donors (Lipinski definition) is 1. The molecule has 11 heavy (non-hydrogen) atoms. The number of aliphatic carboxylic acids is 1. The van der Waals surface area contributed by atoms with Gasteiger partial charge in [0.15, 0.2) is 0 Å². The van der Waals surface area contributed by atoms with Crippen molar-refractivity contribution in [1.29, 1.82) is 0 Å². The molecule has 0 aromatic rings. The van der Waals surface area contributed by atoms with Gasteiger partial charge in [0.1, 0.15) is 6.29 Å². The number of hydrogen-bond acceptors (Lipinski definition) is 2. The van der Waals surface area contributed by atoms with Crippen LogP contribution in [-0.4, -0.2) is 23.4 Å². The minimum absolute atomic E-state index is 0. The van der Waals surface area contributed by atoms with E-state index in [0.29, 0.717) is 0 Å². The first-order valence-electron chi connectivity index (χ1n) is 2.40. The summed E-state index contributed by atoms with van der Waals surface area (Å²) in [6.07, 6.45) is 0.750. The van der Waals surface area contributed by atoms with Gasteiger partial charge in [-0.3, -0.25) is 4.79 Å². The van der Waals surface area contributed by atoms with E-state index in [1.54, 1.807) is 0 Å². The van der Waals surface area contributed by atoms with Gasteiger partial charge in [0, 0.05) is 32.7 Å². The molecule has 0 aliphatic rings. The minimum atomic E-state index is -1.07. The first-order valence-corrected chi connectivity index (χ1v) is 2.40. The topological polar surface area (TPSA) is 112 Å². The number of carboxylic acids is 1. The fourth-order valence-corrected chi connectivity index (χ4v) is 0. The molecule has 1 radical (unpaired) electrons. The van der Waals surface area contributed by atoms with Crippen LogP contribution in [0.15, 0.2) is 0 Å². The van der Waals surface area contributed by atoms with Crippen LogP contribution in [0.1, 0.15) is 13.8 Å². The number of nitrogens with one attached hydrogen (secondary N) is 1. The molecule has 0 aliphatic carbocycles. The molecule has 1 unspecified atom stereocenters. The third-order valence-electron chi connectivity index (χ3n) is 0.370. The number of carbonyl (C=O) groups excluding carboxylic acids is 1. The standard InChI is InChI=1S/C3H6NO2.C2H4O.H2N.Y/c1-2(4)3(5)6;1-2-3;;/h2,4H,1H3,(H,5,6);2H,1H3;1H2;/q-1;;-1;. The third-order valence-corrected chi connectivity index (χ3v) is 0.370. The molecule has 4 N–H and O–H groups in total. The summed E-state index contributed by atoms with van der Waals surface area (Å²) in [6, 6.07) is -0.981. The van der Waals surface area contributed by atoms with E-state index in [1.807, 2.05) is 0 Å². The van der Waals surface area contributed by atoms with Gasteiger partial charge in [0.2, 0.25) is 0 Å². The summed E-state index contributed by atoms with van der Waals surface area (Å²) in [7, 11) is 0. The van der Waals surface area contributed by atoms with Crippen LogP contribution in [0.25, 0.3) is 11.9 Å². The summed E-state index contributed by atoms with van der Waals surface area (Å²) < 4.78 is 0. The maximum Gasteiger partial charge on any atom is 0.285 e. The zero-order valence-electron chi connectivity index (χ0n) is 6.57. The summed E-state index contributed by atoms with van der Waals surface area (Å²) in [5.74, 6) is -1.07. The van der Waals surface area contributed by atoms with E-state index in [4.69, 9.17) is 15.6 Å². The third kappa shape index (κ3) is 39.1. The van der Waals surface area contributed by atoms with Crippen LogP contribution in [0.3, 0.4) is 0 Å². The Balaban J connectivity index is -0.0000000437. The fraction of sp³-hybridized carbons (Fsp3) is 0.600. The molecule has 0 heterocycles. The van der Waals surface area contributed by atoms with Gasteiger partial charge >= 0.3 is 0 Å². The van der Waals surface area contributed by atoms with E-state index < -0.39 is 12.0 Å². The maximum atomic E-state index is 9.51. The summed E-state index contributed by atoms with van der Waals surface area (Å²) in [5, 5.41) is 7.80. The van der Waals surface area contributed by atoms with Gasteiger partial charge in [0.05, 0.1) is 0 Å². The van der Waals surface area contributed by atoms with Crippen molar-refractivity contribution in [2.45, 2.75) is 19.9 Å². The Bertz CT molecular complexity index is 97.7. The number of aldehydes is 1. The Hall–Kier alpha value is 0.164. The Morgan fingerprint density at radius 3 is 1.73 bits per heavy atom. The van der Waals surface area contributed by atoms with Crippen molar-refractivity contribution >= 4 is 12.3 Å². The molecule has 5 nitrogen and oxygen atoms in total. The van der Waals surface area contributed by atoms with Crippen molar-refractivity contribution < 1.29 is 47.4 Å². The van der Waals surface area contributed by atoms with E-state index in [-0.39, 0.29) is 38.9 Å². The predicted molar refractivity (Wildman–Crippen MR) is 38.4 cm³/mol. The SMILES string of the molecule is CC([NH-])C(=O)O.CC=O.[NH2-].[Y]. The van der Waals surface area contributed by atoms with E-state index in [1.165, 1.54) is 13.8 Å². The molecular weight excluding hydrogens is 225 g/mol. The van der Waals surface area contributed by atoms with E-state index in [0.717, 1.165) is 6.29 Å². The zero-order chi connectivity index (χ0) is 7.86. The van der Waals surface area contributed by atoms with Crippen LogP contribution in [-0.2, 0) is 42.3 Å². The Labute approximate surface area is 91.2 Å². The van der Waals surface area contributed by atoms with E-state index in [2.05, 4.69) is 0 Å². The van der Waals surface area contributed by atoms with Crippen LogP contribution in [0.2, 0.25) is 0 Å². The van der Waals surface area contributed by atoms with Crippen LogP contribution >= 0.6 is 0 Å². The monoisotopic (exact) mass is 237 g/mol. The van der Waals surface area contributed by atoms with Gasteiger partial charge in [-0.2, -0.15) is 0 Å². The molecule has 0 saturated heterocycles. The molecule has 0 fully saturated rings. The summed E-state index contributed by atoms with van der Waals surface area (Å²) in [5.41, 5.74) is 6.43. The number of carbonyl (C=O) groups is 2. The molecule has 0 aromatic carbocycles. The van der Waals surface area contributed by atoms with Crippen LogP contribution in [0.4, 0.5) is 0 Å². The number of nitrogens with two attached hydrogens (primary N) is 1. The molecular formula is C5H12N2O3Y-2. The van der Waals surface area contributed by atoms with Crippen molar-refractivity contribution in [3.63, 3.8) is 0 Å². The second-order valence-corrected chi connectivity index (χ2v) is 1.30. The predicted octanol–water partition coefficient (Wildman–Crippen LogP) is 1.43. The van der Waals surface area contributed by atoms with Crippen LogP contribution in [0.5, 0.6) is 0 Å². The summed E-state index contributed by atoms with van der Waals surface area (Å²) in [4.78, 5) is 18.3. The first kappa shape index (κ1) is 22.5. The van der Waals surface area contributed by atoms with Crippen LogP contribution in [0, 0.1) is 0 Å². The van der Waals surface area contributed by atoms with Gasteiger partial charge in [-0.1, -0.05) is 6.92 Å². The Morgan fingerprint density at radius 1 is 1.64 bits per heavy atom. The molecule has 65 valence electrons. The Morgan fingerprint density at radius 2 is 1.73 bits per heavy atom. The average molecular weight is 237 g/mol. The second kappa shape index (κ2) is 16.6. The molecule has 0 aromatic heterocycles. The smallest absolute Gasteiger partial charge is 0.285 e.